The summed E-state index contributed by atoms with van der Waals surface area (Å²) in [6.45, 7) is 5.89. The van der Waals surface area contributed by atoms with Gasteiger partial charge in [-0.2, -0.15) is 0 Å². The molecule has 0 bridgehead atoms. The summed E-state index contributed by atoms with van der Waals surface area (Å²) in [5.74, 6) is -0.335. The zero-order valence-corrected chi connectivity index (χ0v) is 18.1. The van der Waals surface area contributed by atoms with Crippen molar-refractivity contribution in [3.05, 3.63) is 92.8 Å². The van der Waals surface area contributed by atoms with Crippen LogP contribution >= 0.6 is 11.3 Å². The van der Waals surface area contributed by atoms with E-state index < -0.39 is 4.92 Å². The zero-order chi connectivity index (χ0) is 22.1. The molecule has 0 spiro atoms. The Morgan fingerprint density at radius 3 is 2.61 bits per heavy atom. The fraction of sp³-hybridized carbons (Fsp3) is 0.174. The predicted octanol–water partition coefficient (Wildman–Crippen LogP) is 5.37. The average molecular weight is 433 g/mol. The van der Waals surface area contributed by atoms with Gasteiger partial charge >= 0.3 is 0 Å². The molecule has 0 aliphatic heterocycles. The van der Waals surface area contributed by atoms with Crippen LogP contribution in [0.5, 0.6) is 0 Å². The Morgan fingerprint density at radius 1 is 1.10 bits per heavy atom. The molecule has 31 heavy (non-hydrogen) atoms. The van der Waals surface area contributed by atoms with Gasteiger partial charge in [0, 0.05) is 29.6 Å². The Labute approximate surface area is 183 Å². The third-order valence-corrected chi connectivity index (χ3v) is 6.39. The Balaban J connectivity index is 1.84. The number of anilines is 1. The third kappa shape index (κ3) is 3.89. The molecule has 7 nitrogen and oxygen atoms in total. The van der Waals surface area contributed by atoms with Crippen molar-refractivity contribution in [2.24, 2.45) is 0 Å². The SMILES string of the molecule is Cc1ccc2sc(N(Cc3cccnc3)C(=O)c3cccc([N+](=O)[O-])c3C)nc2c1C. The molecule has 0 saturated carbocycles. The van der Waals surface area contributed by atoms with E-state index in [-0.39, 0.29) is 23.7 Å². The number of rotatable bonds is 5. The standard InChI is InChI=1S/C23H20N4O3S/c1-14-9-10-20-21(15(14)2)25-23(31-20)26(13-17-6-5-11-24-12-17)22(28)18-7-4-8-19(16(18)3)27(29)30/h4-12H,13H2,1-3H3. The van der Waals surface area contributed by atoms with E-state index in [1.807, 2.05) is 38.1 Å². The molecule has 156 valence electrons. The van der Waals surface area contributed by atoms with Gasteiger partial charge in [0.25, 0.3) is 11.6 Å². The van der Waals surface area contributed by atoms with Crippen molar-refractivity contribution in [3.8, 4) is 0 Å². The molecule has 0 aliphatic rings. The molecule has 0 aliphatic carbocycles. The fourth-order valence-corrected chi connectivity index (χ4v) is 4.45. The van der Waals surface area contributed by atoms with Gasteiger partial charge < -0.3 is 0 Å². The lowest BCUT2D eigenvalue weighted by Crippen LogP contribution is -2.31. The number of fused-ring (bicyclic) bond motifs is 1. The van der Waals surface area contributed by atoms with Gasteiger partial charge in [-0.25, -0.2) is 4.98 Å². The van der Waals surface area contributed by atoms with Gasteiger partial charge in [-0.05, 0) is 55.7 Å². The lowest BCUT2D eigenvalue weighted by Gasteiger charge is -2.21. The molecule has 0 N–H and O–H groups in total. The second-order valence-electron chi connectivity index (χ2n) is 7.31. The van der Waals surface area contributed by atoms with Gasteiger partial charge in [0.1, 0.15) is 0 Å². The molecule has 0 fully saturated rings. The third-order valence-electron chi connectivity index (χ3n) is 5.35. The summed E-state index contributed by atoms with van der Waals surface area (Å²) in [4.78, 5) is 35.0. The number of benzene rings is 2. The maximum absolute atomic E-state index is 13.6. The molecule has 1 amide bonds. The highest BCUT2D eigenvalue weighted by atomic mass is 32.1. The van der Waals surface area contributed by atoms with E-state index in [2.05, 4.69) is 4.98 Å². The summed E-state index contributed by atoms with van der Waals surface area (Å²) >= 11 is 1.43. The van der Waals surface area contributed by atoms with Crippen LogP contribution in [-0.2, 0) is 6.54 Å². The lowest BCUT2D eigenvalue weighted by molar-refractivity contribution is -0.385. The number of amides is 1. The van der Waals surface area contributed by atoms with E-state index in [9.17, 15) is 14.9 Å². The Hall–Kier alpha value is -3.65. The van der Waals surface area contributed by atoms with E-state index in [1.54, 1.807) is 30.3 Å². The number of hydrogen-bond donors (Lipinski definition) is 0. The van der Waals surface area contributed by atoms with Crippen molar-refractivity contribution in [1.29, 1.82) is 0 Å². The van der Waals surface area contributed by atoms with Crippen LogP contribution in [0.3, 0.4) is 0 Å². The summed E-state index contributed by atoms with van der Waals surface area (Å²) < 4.78 is 0.984. The molecule has 4 rings (SSSR count). The molecule has 2 heterocycles. The van der Waals surface area contributed by atoms with Crippen LogP contribution in [0.15, 0.2) is 54.9 Å². The topological polar surface area (TPSA) is 89.2 Å². The first-order chi connectivity index (χ1) is 14.9. The van der Waals surface area contributed by atoms with Gasteiger partial charge in [0.15, 0.2) is 5.13 Å². The van der Waals surface area contributed by atoms with Crippen LogP contribution in [-0.4, -0.2) is 20.8 Å². The number of nitro benzene ring substituents is 1. The fourth-order valence-electron chi connectivity index (χ4n) is 3.43. The highest BCUT2D eigenvalue weighted by Crippen LogP contribution is 2.34. The largest absolute Gasteiger partial charge is 0.279 e. The quantitative estimate of drug-likeness (QED) is 0.312. The van der Waals surface area contributed by atoms with Crippen LogP contribution in [0.4, 0.5) is 10.8 Å². The van der Waals surface area contributed by atoms with E-state index in [0.717, 1.165) is 26.9 Å². The Morgan fingerprint density at radius 2 is 1.90 bits per heavy atom. The van der Waals surface area contributed by atoms with Crippen molar-refractivity contribution in [2.45, 2.75) is 27.3 Å². The summed E-state index contributed by atoms with van der Waals surface area (Å²) in [5.41, 5.74) is 4.44. The van der Waals surface area contributed by atoms with E-state index >= 15 is 0 Å². The van der Waals surface area contributed by atoms with Crippen LogP contribution in [0.25, 0.3) is 10.2 Å². The van der Waals surface area contributed by atoms with Gasteiger partial charge in [0.2, 0.25) is 0 Å². The first kappa shape index (κ1) is 20.6. The molecule has 8 heteroatoms. The monoisotopic (exact) mass is 432 g/mol. The van der Waals surface area contributed by atoms with E-state index in [1.165, 1.54) is 23.5 Å². The van der Waals surface area contributed by atoms with Crippen LogP contribution < -0.4 is 4.90 Å². The molecular formula is C23H20N4O3S. The second-order valence-corrected chi connectivity index (χ2v) is 8.32. The number of nitrogens with zero attached hydrogens (tertiary/aromatic N) is 4. The first-order valence-corrected chi connectivity index (χ1v) is 10.5. The number of nitro groups is 1. The van der Waals surface area contributed by atoms with Crippen LogP contribution in [0, 0.1) is 30.9 Å². The number of thiazole rings is 1. The van der Waals surface area contributed by atoms with Crippen LogP contribution in [0.1, 0.15) is 32.6 Å². The van der Waals surface area contributed by atoms with Gasteiger partial charge in [0.05, 0.1) is 21.7 Å². The predicted molar refractivity (Wildman–Crippen MR) is 122 cm³/mol. The Kier molecular flexibility index (Phi) is 5.48. The van der Waals surface area contributed by atoms with Gasteiger partial charge in [-0.15, -0.1) is 0 Å². The number of carbonyl (C=O) groups excluding carboxylic acids is 1. The minimum atomic E-state index is -0.471. The second kappa shape index (κ2) is 8.23. The molecule has 2 aromatic heterocycles. The minimum absolute atomic E-state index is 0.0806. The minimum Gasteiger partial charge on any atom is -0.279 e. The highest BCUT2D eigenvalue weighted by Gasteiger charge is 2.26. The summed E-state index contributed by atoms with van der Waals surface area (Å²) in [5, 5.41) is 11.9. The summed E-state index contributed by atoms with van der Waals surface area (Å²) in [6, 6.07) is 12.3. The number of aromatic nitrogens is 2. The normalized spacial score (nSPS) is 10.9. The van der Waals surface area contributed by atoms with Crippen molar-refractivity contribution in [2.75, 3.05) is 4.90 Å². The maximum Gasteiger partial charge on any atom is 0.273 e. The maximum atomic E-state index is 13.6. The molecule has 0 radical (unpaired) electrons. The highest BCUT2D eigenvalue weighted by molar-refractivity contribution is 7.22. The molecule has 0 saturated heterocycles. The summed E-state index contributed by atoms with van der Waals surface area (Å²) in [6.07, 6.45) is 3.37. The first-order valence-electron chi connectivity index (χ1n) is 9.68. The van der Waals surface area contributed by atoms with E-state index in [0.29, 0.717) is 10.7 Å². The zero-order valence-electron chi connectivity index (χ0n) is 17.3. The number of aryl methyl sites for hydroxylation is 2. The molecule has 0 atom stereocenters. The molecule has 4 aromatic rings. The summed E-state index contributed by atoms with van der Waals surface area (Å²) in [7, 11) is 0. The smallest absolute Gasteiger partial charge is 0.273 e. The van der Waals surface area contributed by atoms with E-state index in [4.69, 9.17) is 4.98 Å². The molecule has 0 unspecified atom stereocenters. The van der Waals surface area contributed by atoms with Crippen molar-refractivity contribution < 1.29 is 9.72 Å². The van der Waals surface area contributed by atoms with Crippen molar-refractivity contribution in [1.82, 2.24) is 9.97 Å². The number of pyridine rings is 1. The van der Waals surface area contributed by atoms with Crippen LogP contribution in [0.2, 0.25) is 0 Å². The Bertz CT molecular complexity index is 1300. The van der Waals surface area contributed by atoms with Crippen molar-refractivity contribution in [3.63, 3.8) is 0 Å². The molecule has 2 aromatic carbocycles. The lowest BCUT2D eigenvalue weighted by atomic mass is 10.1. The molecular weight excluding hydrogens is 412 g/mol. The van der Waals surface area contributed by atoms with Gasteiger partial charge in [-0.1, -0.05) is 29.5 Å². The number of hydrogen-bond acceptors (Lipinski definition) is 6. The van der Waals surface area contributed by atoms with Crippen molar-refractivity contribution >= 4 is 38.3 Å². The number of carbonyl (C=O) groups is 1. The van der Waals surface area contributed by atoms with Gasteiger partial charge in [-0.3, -0.25) is 24.8 Å². The average Bonchev–Trinajstić information content (AvgIpc) is 3.20.